The van der Waals surface area contributed by atoms with Gasteiger partial charge in [-0.05, 0) is 19.1 Å². The van der Waals surface area contributed by atoms with Gasteiger partial charge < -0.3 is 10.7 Å². The van der Waals surface area contributed by atoms with Gasteiger partial charge in [-0.15, -0.1) is 0 Å². The summed E-state index contributed by atoms with van der Waals surface area (Å²) in [6.45, 7) is 2.22. The Bertz CT molecular complexity index is 881. The van der Waals surface area contributed by atoms with Gasteiger partial charge in [-0.2, -0.15) is 0 Å². The van der Waals surface area contributed by atoms with Gasteiger partial charge in [0.05, 0.1) is 0 Å². The highest BCUT2D eigenvalue weighted by Crippen LogP contribution is 2.18. The molecule has 3 heterocycles. The summed E-state index contributed by atoms with van der Waals surface area (Å²) in [5.74, 6) is -0.484. The van der Waals surface area contributed by atoms with Gasteiger partial charge in [0.1, 0.15) is 11.2 Å². The summed E-state index contributed by atoms with van der Waals surface area (Å²) in [5.41, 5.74) is 6.05. The molecule has 0 aliphatic carbocycles. The molecule has 106 valence electrons. The molecular formula is C13H12N6O2. The van der Waals surface area contributed by atoms with E-state index in [0.717, 1.165) is 0 Å². The molecule has 1 amide bonds. The second kappa shape index (κ2) is 4.82. The molecule has 21 heavy (non-hydrogen) atoms. The fraction of sp³-hybridized carbons (Fsp3) is 0.154. The molecule has 0 aliphatic rings. The molecule has 0 atom stereocenters. The van der Waals surface area contributed by atoms with Gasteiger partial charge in [0.15, 0.2) is 17.2 Å². The van der Waals surface area contributed by atoms with E-state index in [0.29, 0.717) is 17.9 Å². The number of carbonyl (C=O) groups excluding carboxylic acids is 1. The highest BCUT2D eigenvalue weighted by atomic mass is 16.2. The number of fused-ring (bicyclic) bond motifs is 1. The zero-order valence-corrected chi connectivity index (χ0v) is 11.2. The minimum Gasteiger partial charge on any atom is -0.364 e. The van der Waals surface area contributed by atoms with Crippen LogP contribution < -0.4 is 11.4 Å². The second-order valence-electron chi connectivity index (χ2n) is 4.35. The van der Waals surface area contributed by atoms with Crippen molar-refractivity contribution in [2.45, 2.75) is 13.5 Å². The number of H-pyrrole nitrogens is 1. The lowest BCUT2D eigenvalue weighted by Gasteiger charge is -2.04. The largest absolute Gasteiger partial charge is 0.364 e. The molecule has 0 aliphatic heterocycles. The molecule has 0 saturated carbocycles. The maximum absolute atomic E-state index is 11.9. The quantitative estimate of drug-likeness (QED) is 0.716. The van der Waals surface area contributed by atoms with Crippen LogP contribution >= 0.6 is 0 Å². The fourth-order valence-electron chi connectivity index (χ4n) is 2.11. The first-order valence-electron chi connectivity index (χ1n) is 6.33. The maximum atomic E-state index is 11.9. The number of rotatable bonds is 3. The topological polar surface area (TPSA) is 120 Å². The number of aromatic amines is 1. The minimum absolute atomic E-state index is 0.0232. The summed E-state index contributed by atoms with van der Waals surface area (Å²) in [4.78, 5) is 38.6. The number of pyridine rings is 1. The predicted molar refractivity (Wildman–Crippen MR) is 75.6 cm³/mol. The van der Waals surface area contributed by atoms with Crippen LogP contribution in [0.3, 0.4) is 0 Å². The average molecular weight is 284 g/mol. The summed E-state index contributed by atoms with van der Waals surface area (Å²) in [7, 11) is 0. The third kappa shape index (κ3) is 2.06. The van der Waals surface area contributed by atoms with E-state index in [9.17, 15) is 9.59 Å². The highest BCUT2D eigenvalue weighted by molar-refractivity contribution is 6.01. The number of aromatic nitrogens is 5. The number of hydrogen-bond donors (Lipinski definition) is 2. The highest BCUT2D eigenvalue weighted by Gasteiger charge is 2.18. The summed E-state index contributed by atoms with van der Waals surface area (Å²) in [5, 5.41) is 0. The van der Waals surface area contributed by atoms with Crippen LogP contribution in [0.2, 0.25) is 0 Å². The van der Waals surface area contributed by atoms with E-state index in [1.54, 1.807) is 31.3 Å². The monoisotopic (exact) mass is 284 g/mol. The fourth-order valence-corrected chi connectivity index (χ4v) is 2.11. The molecule has 0 saturated heterocycles. The lowest BCUT2D eigenvalue weighted by Crippen LogP contribution is -2.15. The van der Waals surface area contributed by atoms with Crippen LogP contribution in [0.1, 0.15) is 17.4 Å². The first-order chi connectivity index (χ1) is 10.1. The van der Waals surface area contributed by atoms with Gasteiger partial charge in [0.25, 0.3) is 5.91 Å². The Kier molecular flexibility index (Phi) is 2.98. The number of nitrogens with one attached hydrogen (secondary N) is 1. The summed E-state index contributed by atoms with van der Waals surface area (Å²) < 4.78 is 1.41. The predicted octanol–water partition coefficient (Wildman–Crippen LogP) is 0.300. The molecular weight excluding hydrogens is 272 g/mol. The van der Waals surface area contributed by atoms with Crippen molar-refractivity contribution < 1.29 is 4.79 Å². The van der Waals surface area contributed by atoms with Crippen molar-refractivity contribution in [2.24, 2.45) is 5.73 Å². The SMILES string of the molecule is CCn1c(=O)[nH]c2c(C(N)=O)nc(-c3ccccn3)nc21. The molecule has 8 nitrogen and oxygen atoms in total. The van der Waals surface area contributed by atoms with E-state index in [4.69, 9.17) is 5.73 Å². The maximum Gasteiger partial charge on any atom is 0.327 e. The van der Waals surface area contributed by atoms with Crippen LogP contribution in [0.15, 0.2) is 29.2 Å². The molecule has 3 rings (SSSR count). The van der Waals surface area contributed by atoms with Crippen molar-refractivity contribution in [3.05, 3.63) is 40.6 Å². The third-order valence-electron chi connectivity index (χ3n) is 3.07. The lowest BCUT2D eigenvalue weighted by atomic mass is 10.3. The van der Waals surface area contributed by atoms with Gasteiger partial charge in [-0.3, -0.25) is 14.3 Å². The van der Waals surface area contributed by atoms with Crippen molar-refractivity contribution in [3.63, 3.8) is 0 Å². The van der Waals surface area contributed by atoms with Crippen molar-refractivity contribution in [1.29, 1.82) is 0 Å². The number of imidazole rings is 1. The normalized spacial score (nSPS) is 10.9. The van der Waals surface area contributed by atoms with E-state index in [-0.39, 0.29) is 22.7 Å². The number of hydrogen-bond acceptors (Lipinski definition) is 5. The summed E-state index contributed by atoms with van der Waals surface area (Å²) >= 11 is 0. The van der Waals surface area contributed by atoms with Crippen molar-refractivity contribution >= 4 is 17.1 Å². The third-order valence-corrected chi connectivity index (χ3v) is 3.07. The van der Waals surface area contributed by atoms with Gasteiger partial charge in [0.2, 0.25) is 0 Å². The summed E-state index contributed by atoms with van der Waals surface area (Å²) in [6, 6.07) is 5.26. The molecule has 0 radical (unpaired) electrons. The molecule has 0 bridgehead atoms. The molecule has 0 aromatic carbocycles. The number of amides is 1. The molecule has 8 heteroatoms. The van der Waals surface area contributed by atoms with Crippen LogP contribution in [0, 0.1) is 0 Å². The molecule has 0 spiro atoms. The lowest BCUT2D eigenvalue weighted by molar-refractivity contribution is 0.0997. The van der Waals surface area contributed by atoms with Crippen LogP contribution in [0.5, 0.6) is 0 Å². The Labute approximate surface area is 118 Å². The molecule has 0 unspecified atom stereocenters. The molecule has 3 N–H and O–H groups in total. The Morgan fingerprint density at radius 1 is 1.38 bits per heavy atom. The van der Waals surface area contributed by atoms with E-state index >= 15 is 0 Å². The van der Waals surface area contributed by atoms with Crippen LogP contribution in [-0.2, 0) is 6.54 Å². The standard InChI is InChI=1S/C13H12N6O2/c1-2-19-12-9(17-13(19)21)8(10(14)20)16-11(18-12)7-5-3-4-6-15-7/h3-6H,2H2,1H3,(H2,14,20)(H,17,21). The van der Waals surface area contributed by atoms with Crippen LogP contribution in [-0.4, -0.2) is 30.4 Å². The first kappa shape index (κ1) is 13.0. The summed E-state index contributed by atoms with van der Waals surface area (Å²) in [6.07, 6.45) is 1.59. The second-order valence-corrected chi connectivity index (χ2v) is 4.35. The van der Waals surface area contributed by atoms with E-state index < -0.39 is 5.91 Å². The average Bonchev–Trinajstić information content (AvgIpc) is 2.82. The Hall–Kier alpha value is -3.03. The van der Waals surface area contributed by atoms with Crippen LogP contribution in [0.25, 0.3) is 22.7 Å². The van der Waals surface area contributed by atoms with E-state index in [1.165, 1.54) is 4.57 Å². The molecule has 0 fully saturated rings. The molecule has 3 aromatic heterocycles. The zero-order chi connectivity index (χ0) is 15.0. The van der Waals surface area contributed by atoms with Gasteiger partial charge in [-0.1, -0.05) is 6.07 Å². The number of aryl methyl sites for hydroxylation is 1. The zero-order valence-electron chi connectivity index (χ0n) is 11.2. The van der Waals surface area contributed by atoms with Gasteiger partial charge >= 0.3 is 5.69 Å². The Morgan fingerprint density at radius 3 is 2.81 bits per heavy atom. The van der Waals surface area contributed by atoms with Crippen molar-refractivity contribution in [2.75, 3.05) is 0 Å². The van der Waals surface area contributed by atoms with E-state index in [2.05, 4.69) is 19.9 Å². The Balaban J connectivity index is 2.38. The van der Waals surface area contributed by atoms with Crippen LogP contribution in [0.4, 0.5) is 0 Å². The van der Waals surface area contributed by atoms with Gasteiger partial charge in [0, 0.05) is 12.7 Å². The smallest absolute Gasteiger partial charge is 0.327 e. The first-order valence-corrected chi connectivity index (χ1v) is 6.33. The minimum atomic E-state index is -0.732. The Morgan fingerprint density at radius 2 is 2.19 bits per heavy atom. The number of nitrogens with two attached hydrogens (primary N) is 1. The van der Waals surface area contributed by atoms with Gasteiger partial charge in [-0.25, -0.2) is 14.8 Å². The van der Waals surface area contributed by atoms with Crippen molar-refractivity contribution in [3.8, 4) is 11.5 Å². The number of nitrogens with zero attached hydrogens (tertiary/aromatic N) is 4. The number of carbonyl (C=O) groups is 1. The van der Waals surface area contributed by atoms with E-state index in [1.807, 2.05) is 0 Å². The van der Waals surface area contributed by atoms with Crippen molar-refractivity contribution in [1.82, 2.24) is 24.5 Å². The molecule has 3 aromatic rings. The number of primary amides is 1.